The second-order valence-corrected chi connectivity index (χ2v) is 9.19. The molecule has 3 rings (SSSR count). The summed E-state index contributed by atoms with van der Waals surface area (Å²) in [6.07, 6.45) is -0.279. The lowest BCUT2D eigenvalue weighted by molar-refractivity contribution is -0.142. The quantitative estimate of drug-likeness (QED) is 0.413. The van der Waals surface area contributed by atoms with Crippen molar-refractivity contribution in [2.75, 3.05) is 39.5 Å². The number of morpholine rings is 1. The number of carbonyl (C=O) groups excluding carboxylic acids is 3. The highest BCUT2D eigenvalue weighted by Crippen LogP contribution is 2.18. The van der Waals surface area contributed by atoms with Gasteiger partial charge in [0.15, 0.2) is 12.4 Å². The maximum Gasteiger partial charge on any atom is 0.308 e. The molecule has 1 amide bonds. The van der Waals surface area contributed by atoms with Gasteiger partial charge >= 0.3 is 5.97 Å². The van der Waals surface area contributed by atoms with Gasteiger partial charge in [0.2, 0.25) is 10.0 Å². The first kappa shape index (κ1) is 25.4. The predicted octanol–water partition coefficient (Wildman–Crippen LogP) is 1.53. The highest BCUT2D eigenvalue weighted by atomic mass is 32.2. The van der Waals surface area contributed by atoms with Crippen molar-refractivity contribution in [3.05, 3.63) is 65.2 Å². The van der Waals surface area contributed by atoms with Gasteiger partial charge in [-0.25, -0.2) is 17.2 Å². The van der Waals surface area contributed by atoms with Crippen LogP contribution in [-0.2, 0) is 24.3 Å². The molecule has 0 atom stereocenters. The number of Topliss-reactive ketones (excluding diaryl/α,β-unsaturated/α-hetero) is 1. The Bertz CT molecular complexity index is 1160. The van der Waals surface area contributed by atoms with Crippen molar-refractivity contribution in [2.24, 2.45) is 0 Å². The van der Waals surface area contributed by atoms with Crippen LogP contribution in [0.5, 0.6) is 0 Å². The molecule has 0 radical (unpaired) electrons. The summed E-state index contributed by atoms with van der Waals surface area (Å²) in [6.45, 7) is 0.365. The van der Waals surface area contributed by atoms with Crippen LogP contribution in [0.2, 0.25) is 0 Å². The number of halogens is 2. The smallest absolute Gasteiger partial charge is 0.308 e. The van der Waals surface area contributed by atoms with Crippen molar-refractivity contribution in [3.8, 4) is 0 Å². The van der Waals surface area contributed by atoms with E-state index in [0.29, 0.717) is 19.3 Å². The van der Waals surface area contributed by atoms with E-state index in [4.69, 9.17) is 9.47 Å². The van der Waals surface area contributed by atoms with E-state index in [-0.39, 0.29) is 42.1 Å². The Hall–Kier alpha value is -3.22. The molecular weight excluding hydrogens is 474 g/mol. The normalized spacial score (nSPS) is 14.4. The van der Waals surface area contributed by atoms with Crippen LogP contribution in [0.25, 0.3) is 0 Å². The molecule has 1 N–H and O–H groups in total. The molecule has 1 aliphatic heterocycles. The molecule has 1 saturated heterocycles. The Labute approximate surface area is 194 Å². The molecule has 9 nitrogen and oxygen atoms in total. The summed E-state index contributed by atoms with van der Waals surface area (Å²) in [5.41, 5.74) is -0.210. The van der Waals surface area contributed by atoms with Gasteiger partial charge in [0.1, 0.15) is 11.6 Å². The average Bonchev–Trinajstić information content (AvgIpc) is 2.83. The van der Waals surface area contributed by atoms with E-state index in [1.165, 1.54) is 28.6 Å². The molecule has 1 fully saturated rings. The summed E-state index contributed by atoms with van der Waals surface area (Å²) >= 11 is 0. The van der Waals surface area contributed by atoms with Crippen molar-refractivity contribution in [1.82, 2.24) is 9.62 Å². The summed E-state index contributed by atoms with van der Waals surface area (Å²) in [5.74, 6) is -4.00. The molecular formula is C22H22F2N2O7S. The molecule has 12 heteroatoms. The molecule has 2 aromatic rings. The van der Waals surface area contributed by atoms with E-state index >= 15 is 0 Å². The molecule has 0 aromatic heterocycles. The maximum atomic E-state index is 13.6. The monoisotopic (exact) mass is 496 g/mol. The van der Waals surface area contributed by atoms with Crippen molar-refractivity contribution in [3.63, 3.8) is 0 Å². The van der Waals surface area contributed by atoms with Crippen LogP contribution in [0.3, 0.4) is 0 Å². The van der Waals surface area contributed by atoms with E-state index in [2.05, 4.69) is 5.32 Å². The number of nitrogens with one attached hydrogen (secondary N) is 1. The fourth-order valence-electron chi connectivity index (χ4n) is 3.10. The Morgan fingerprint density at radius 1 is 1.03 bits per heavy atom. The molecule has 2 aromatic carbocycles. The van der Waals surface area contributed by atoms with Gasteiger partial charge in [0.05, 0.1) is 30.1 Å². The van der Waals surface area contributed by atoms with Crippen LogP contribution in [0, 0.1) is 11.6 Å². The number of sulfonamides is 1. The fraction of sp³-hybridized carbons (Fsp3) is 0.318. The summed E-state index contributed by atoms with van der Waals surface area (Å²) in [6, 6.07) is 7.77. The Morgan fingerprint density at radius 3 is 2.35 bits per heavy atom. The Balaban J connectivity index is 1.45. The first-order chi connectivity index (χ1) is 16.2. The number of carbonyl (C=O) groups is 3. The molecule has 0 bridgehead atoms. The third kappa shape index (κ3) is 6.43. The van der Waals surface area contributed by atoms with Crippen LogP contribution in [0.15, 0.2) is 47.4 Å². The number of esters is 1. The minimum atomic E-state index is -3.69. The number of ether oxygens (including phenoxy) is 2. The average molecular weight is 496 g/mol. The van der Waals surface area contributed by atoms with E-state index in [1.54, 1.807) is 0 Å². The second kappa shape index (κ2) is 11.3. The number of benzene rings is 2. The molecule has 1 heterocycles. The largest absolute Gasteiger partial charge is 0.457 e. The van der Waals surface area contributed by atoms with Crippen molar-refractivity contribution in [1.29, 1.82) is 0 Å². The van der Waals surface area contributed by atoms with Gasteiger partial charge in [-0.1, -0.05) is 0 Å². The Kier molecular flexibility index (Phi) is 8.42. The molecule has 0 unspecified atom stereocenters. The van der Waals surface area contributed by atoms with Crippen LogP contribution < -0.4 is 5.32 Å². The van der Waals surface area contributed by atoms with E-state index in [9.17, 15) is 31.6 Å². The number of ketones is 1. The second-order valence-electron chi connectivity index (χ2n) is 7.25. The molecule has 0 saturated carbocycles. The molecule has 34 heavy (non-hydrogen) atoms. The standard InChI is InChI=1S/C22H22F2N2O7S/c23-16-3-6-18(19(24)13-16)22(29)25-8-7-21(28)33-14-20(27)15-1-4-17(5-2-15)34(30,31)26-9-11-32-12-10-26/h1-6,13H,7-12,14H2,(H,25,29). The van der Waals surface area contributed by atoms with Gasteiger partial charge in [-0.2, -0.15) is 4.31 Å². The third-order valence-electron chi connectivity index (χ3n) is 4.94. The van der Waals surface area contributed by atoms with Gasteiger partial charge in [-0.05, 0) is 36.4 Å². The molecule has 0 spiro atoms. The zero-order chi connectivity index (χ0) is 24.7. The lowest BCUT2D eigenvalue weighted by Crippen LogP contribution is -2.40. The minimum Gasteiger partial charge on any atom is -0.457 e. The molecule has 1 aliphatic rings. The summed E-state index contributed by atoms with van der Waals surface area (Å²) < 4.78 is 63.0. The molecule has 0 aliphatic carbocycles. The summed E-state index contributed by atoms with van der Waals surface area (Å²) in [5, 5.41) is 2.30. The zero-order valence-electron chi connectivity index (χ0n) is 18.0. The highest BCUT2D eigenvalue weighted by Gasteiger charge is 2.26. The SMILES string of the molecule is O=C(CCNC(=O)c1ccc(F)cc1F)OCC(=O)c1ccc(S(=O)(=O)N2CCOCC2)cc1. The number of hydrogen-bond acceptors (Lipinski definition) is 7. The van der Waals surface area contributed by atoms with Crippen LogP contribution in [-0.4, -0.2) is 69.8 Å². The van der Waals surface area contributed by atoms with Gasteiger partial charge < -0.3 is 14.8 Å². The molecule has 182 valence electrons. The topological polar surface area (TPSA) is 119 Å². The third-order valence-corrected chi connectivity index (χ3v) is 6.85. The first-order valence-electron chi connectivity index (χ1n) is 10.3. The van der Waals surface area contributed by atoms with Crippen molar-refractivity contribution in [2.45, 2.75) is 11.3 Å². The van der Waals surface area contributed by atoms with E-state index in [1.807, 2.05) is 0 Å². The Morgan fingerprint density at radius 2 is 1.71 bits per heavy atom. The van der Waals surface area contributed by atoms with Gasteiger partial charge in [-0.3, -0.25) is 14.4 Å². The van der Waals surface area contributed by atoms with Gasteiger partial charge in [0.25, 0.3) is 5.91 Å². The zero-order valence-corrected chi connectivity index (χ0v) is 18.8. The van der Waals surface area contributed by atoms with Crippen LogP contribution >= 0.6 is 0 Å². The van der Waals surface area contributed by atoms with Crippen LogP contribution in [0.4, 0.5) is 8.78 Å². The fourth-order valence-corrected chi connectivity index (χ4v) is 4.51. The predicted molar refractivity (Wildman–Crippen MR) is 115 cm³/mol. The summed E-state index contributed by atoms with van der Waals surface area (Å²) in [7, 11) is -3.69. The number of nitrogens with zero attached hydrogens (tertiary/aromatic N) is 1. The van der Waals surface area contributed by atoms with E-state index in [0.717, 1.165) is 12.1 Å². The maximum absolute atomic E-state index is 13.6. The van der Waals surface area contributed by atoms with E-state index < -0.39 is 45.9 Å². The number of hydrogen-bond donors (Lipinski definition) is 1. The lowest BCUT2D eigenvalue weighted by atomic mass is 10.1. The number of amides is 1. The lowest BCUT2D eigenvalue weighted by Gasteiger charge is -2.26. The highest BCUT2D eigenvalue weighted by molar-refractivity contribution is 7.89. The first-order valence-corrected chi connectivity index (χ1v) is 11.7. The number of rotatable bonds is 9. The van der Waals surface area contributed by atoms with Crippen molar-refractivity contribution >= 4 is 27.7 Å². The summed E-state index contributed by atoms with van der Waals surface area (Å²) in [4.78, 5) is 36.0. The van der Waals surface area contributed by atoms with Gasteiger partial charge in [-0.15, -0.1) is 0 Å². The van der Waals surface area contributed by atoms with Gasteiger partial charge in [0, 0.05) is 31.3 Å². The van der Waals surface area contributed by atoms with Crippen molar-refractivity contribution < 1.29 is 41.1 Å². The van der Waals surface area contributed by atoms with Crippen LogP contribution in [0.1, 0.15) is 27.1 Å². The minimum absolute atomic E-state index is 0.0382.